The van der Waals surface area contributed by atoms with E-state index in [0.717, 1.165) is 5.56 Å². The van der Waals surface area contributed by atoms with Crippen LogP contribution in [0.5, 0.6) is 5.75 Å². The molecule has 0 unspecified atom stereocenters. The van der Waals surface area contributed by atoms with Crippen LogP contribution >= 0.6 is 0 Å². The number of anilines is 1. The van der Waals surface area contributed by atoms with Crippen LogP contribution in [0.4, 0.5) is 11.4 Å². The Morgan fingerprint density at radius 1 is 1.16 bits per heavy atom. The van der Waals surface area contributed by atoms with Gasteiger partial charge in [-0.15, -0.1) is 0 Å². The van der Waals surface area contributed by atoms with Crippen LogP contribution in [0.25, 0.3) is 0 Å². The van der Waals surface area contributed by atoms with Gasteiger partial charge in [0.25, 0.3) is 10.8 Å². The molecule has 126 valence electrons. The summed E-state index contributed by atoms with van der Waals surface area (Å²) in [6, 6.07) is 9.15. The molecule has 0 atom stereocenters. The molecule has 25 heavy (non-hydrogen) atoms. The van der Waals surface area contributed by atoms with Crippen molar-refractivity contribution in [3.63, 3.8) is 0 Å². The van der Waals surface area contributed by atoms with E-state index in [0.29, 0.717) is 11.3 Å². The Kier molecular flexibility index (Phi) is 6.76. The van der Waals surface area contributed by atoms with Gasteiger partial charge in [-0.1, -0.05) is 38.7 Å². The second-order valence-electron chi connectivity index (χ2n) is 6.69. The maximum absolute atomic E-state index is 12.4. The minimum atomic E-state index is -0.513. The normalized spacial score (nSPS) is 10.7. The van der Waals surface area contributed by atoms with E-state index in [1.54, 1.807) is 25.1 Å². The first-order chi connectivity index (χ1) is 11.1. The average Bonchev–Trinajstić information content (AvgIpc) is 2.45. The summed E-state index contributed by atoms with van der Waals surface area (Å²) in [6.07, 6.45) is 0. The third kappa shape index (κ3) is 5.04. The molecule has 6 nitrogen and oxygen atoms in total. The zero-order valence-electron chi connectivity index (χ0n) is 15.1. The molecule has 2 N–H and O–H groups in total. The van der Waals surface area contributed by atoms with Crippen LogP contribution < -0.4 is 40.0 Å². The number of rotatable bonds is 3. The number of hydrogen-bond acceptors (Lipinski definition) is 3. The molecule has 1 amide bonds. The second-order valence-corrected chi connectivity index (χ2v) is 6.69. The molecular weight excluding hydrogens is 331 g/mol. The van der Waals surface area contributed by atoms with Crippen molar-refractivity contribution < 1.29 is 49.6 Å². The van der Waals surface area contributed by atoms with Gasteiger partial charge < -0.3 is 10.4 Å². The predicted molar refractivity (Wildman–Crippen MR) is 88.8 cm³/mol. The molecule has 0 fully saturated rings. The van der Waals surface area contributed by atoms with E-state index < -0.39 is 5.91 Å². The number of nitrogens with one attached hydrogen (secondary N) is 1. The van der Waals surface area contributed by atoms with Gasteiger partial charge in [0.15, 0.2) is 0 Å². The topological polar surface area (TPSA) is 92.5 Å². The Morgan fingerprint density at radius 2 is 1.80 bits per heavy atom. The smallest absolute Gasteiger partial charge is 0.872 e. The van der Waals surface area contributed by atoms with Crippen LogP contribution in [0.2, 0.25) is 0 Å². The number of aryl methyl sites for hydroxylation is 1. The third-order valence-electron chi connectivity index (χ3n) is 3.75. The summed E-state index contributed by atoms with van der Waals surface area (Å²) in [5.41, 5.74) is 1.80. The van der Waals surface area contributed by atoms with Crippen molar-refractivity contribution in [1.82, 2.24) is 0 Å². The van der Waals surface area contributed by atoms with Gasteiger partial charge in [-0.25, -0.2) is 5.21 Å². The van der Waals surface area contributed by atoms with E-state index in [-0.39, 0.29) is 56.9 Å². The fourth-order valence-corrected chi connectivity index (χ4v) is 2.32. The van der Waals surface area contributed by atoms with Crippen molar-refractivity contribution in [2.24, 2.45) is 0 Å². The van der Waals surface area contributed by atoms with Gasteiger partial charge in [0.2, 0.25) is 0 Å². The molecule has 0 spiro atoms. The fraction of sp³-hybridized carbons (Fsp3) is 0.278. The van der Waals surface area contributed by atoms with Gasteiger partial charge in [-0.05, 0) is 36.1 Å². The SMILES string of the molecule is Cc1cc(NC(=O)c2cc(C(C)(C)C)ccc2[O-])ccc1[N+](=O)O.[Na+]. The molecule has 0 saturated carbocycles. The summed E-state index contributed by atoms with van der Waals surface area (Å²) < 4.78 is 0. The van der Waals surface area contributed by atoms with Crippen LogP contribution in [0, 0.1) is 11.8 Å². The number of carbonyl (C=O) groups excluding carboxylic acids is 1. The summed E-state index contributed by atoms with van der Waals surface area (Å²) in [7, 11) is 0. The van der Waals surface area contributed by atoms with Gasteiger partial charge in [-0.3, -0.25) is 4.79 Å². The zero-order valence-corrected chi connectivity index (χ0v) is 17.1. The van der Waals surface area contributed by atoms with Crippen molar-refractivity contribution in [2.75, 3.05) is 5.32 Å². The summed E-state index contributed by atoms with van der Waals surface area (Å²) >= 11 is 0. The van der Waals surface area contributed by atoms with Crippen molar-refractivity contribution in [2.45, 2.75) is 33.1 Å². The number of nitrogens with zero attached hydrogens (tertiary/aromatic N) is 1. The maximum atomic E-state index is 12.4. The van der Waals surface area contributed by atoms with Crippen LogP contribution in [-0.4, -0.2) is 16.0 Å². The molecule has 0 aliphatic heterocycles. The maximum Gasteiger partial charge on any atom is 1.00 e. The molecule has 0 radical (unpaired) electrons. The van der Waals surface area contributed by atoms with Crippen molar-refractivity contribution >= 4 is 17.3 Å². The second kappa shape index (κ2) is 7.99. The number of amides is 1. The molecule has 0 saturated heterocycles. The van der Waals surface area contributed by atoms with Crippen LogP contribution in [0.15, 0.2) is 36.4 Å². The molecule has 0 heterocycles. The number of benzene rings is 2. The van der Waals surface area contributed by atoms with Crippen molar-refractivity contribution in [3.8, 4) is 5.75 Å². The van der Waals surface area contributed by atoms with Crippen LogP contribution in [-0.2, 0) is 5.41 Å². The van der Waals surface area contributed by atoms with Crippen molar-refractivity contribution in [3.05, 3.63) is 58.0 Å². The summed E-state index contributed by atoms with van der Waals surface area (Å²) in [4.78, 5) is 23.1. The molecule has 0 aliphatic rings. The average molecular weight is 351 g/mol. The summed E-state index contributed by atoms with van der Waals surface area (Å²) in [5.74, 6) is -0.865. The minimum Gasteiger partial charge on any atom is -0.872 e. The molecule has 2 aromatic carbocycles. The molecule has 2 aromatic rings. The Balaban J connectivity index is 0.00000312. The van der Waals surface area contributed by atoms with Gasteiger partial charge in [-0.2, -0.15) is 0 Å². The van der Waals surface area contributed by atoms with Gasteiger partial charge >= 0.3 is 35.2 Å². The van der Waals surface area contributed by atoms with E-state index in [1.807, 2.05) is 20.8 Å². The molecule has 0 aromatic heterocycles. The predicted octanol–water partition coefficient (Wildman–Crippen LogP) is 0.422. The third-order valence-corrected chi connectivity index (χ3v) is 3.75. The van der Waals surface area contributed by atoms with Gasteiger partial charge in [0.1, 0.15) is 0 Å². The molecular formula is C18H20N2NaO4+. The number of carbonyl (C=O) groups is 1. The van der Waals surface area contributed by atoms with Crippen LogP contribution in [0.3, 0.4) is 0 Å². The zero-order chi connectivity index (χ0) is 18.1. The van der Waals surface area contributed by atoms with E-state index in [9.17, 15) is 14.8 Å². The van der Waals surface area contributed by atoms with Gasteiger partial charge in [0, 0.05) is 22.9 Å². The first kappa shape index (κ1) is 21.2. The molecule has 7 heteroatoms. The van der Waals surface area contributed by atoms with Gasteiger partial charge in [0.05, 0.1) is 4.91 Å². The fourth-order valence-electron chi connectivity index (χ4n) is 2.32. The summed E-state index contributed by atoms with van der Waals surface area (Å²) in [6.45, 7) is 7.63. The first-order valence-corrected chi connectivity index (χ1v) is 7.49. The van der Waals surface area contributed by atoms with E-state index in [4.69, 9.17) is 5.21 Å². The first-order valence-electron chi connectivity index (χ1n) is 7.49. The summed E-state index contributed by atoms with van der Waals surface area (Å²) in [5, 5.41) is 23.6. The van der Waals surface area contributed by atoms with E-state index in [1.165, 1.54) is 18.2 Å². The Bertz CT molecular complexity index is 813. The molecule has 2 rings (SSSR count). The van der Waals surface area contributed by atoms with Crippen LogP contribution in [0.1, 0.15) is 42.3 Å². The Labute approximate surface area is 168 Å². The largest absolute Gasteiger partial charge is 1.00 e. The molecule has 0 bridgehead atoms. The standard InChI is InChI=1S/C18H20N2O4.Na/c1-11-9-13(6-7-15(11)20(23)24)19-17(22)14-10-12(18(2,3)4)5-8-16(14)21;/h5-10H,1-4H3,(H2-,19,21,22,23,24);/q;+1. The minimum absolute atomic E-state index is 0. The monoisotopic (exact) mass is 351 g/mol. The van der Waals surface area contributed by atoms with E-state index in [2.05, 4.69) is 5.32 Å². The molecule has 0 aliphatic carbocycles. The van der Waals surface area contributed by atoms with E-state index >= 15 is 0 Å². The Morgan fingerprint density at radius 3 is 2.32 bits per heavy atom. The van der Waals surface area contributed by atoms with Crippen molar-refractivity contribution in [1.29, 1.82) is 0 Å². The number of hydrogen-bond donors (Lipinski definition) is 2. The Hall–Kier alpha value is -1.89. The quantitative estimate of drug-likeness (QED) is 0.619.